The summed E-state index contributed by atoms with van der Waals surface area (Å²) in [6, 6.07) is 58.3. The van der Waals surface area contributed by atoms with Gasteiger partial charge in [-0.1, -0.05) is 204 Å². The minimum atomic E-state index is -1.70. The van der Waals surface area contributed by atoms with Crippen LogP contribution < -0.4 is 10.6 Å². The summed E-state index contributed by atoms with van der Waals surface area (Å²) in [6.45, 7) is 11.4. The fourth-order valence-electron chi connectivity index (χ4n) is 9.97. The minimum absolute atomic E-state index is 0.220. The summed E-state index contributed by atoms with van der Waals surface area (Å²) in [5.41, 5.74) is 4.57. The molecule has 8 aromatic rings. The topological polar surface area (TPSA) is 98.7 Å². The molecule has 0 aliphatic rings. The van der Waals surface area contributed by atoms with Gasteiger partial charge in [0.2, 0.25) is 11.8 Å². The van der Waals surface area contributed by atoms with Gasteiger partial charge in [-0.3, -0.25) is 9.59 Å². The number of hydrogen-bond donors (Lipinski definition) is 4. The van der Waals surface area contributed by atoms with Crippen molar-refractivity contribution in [2.24, 2.45) is 5.41 Å². The molecule has 0 spiro atoms. The first-order chi connectivity index (χ1) is 32.1. The summed E-state index contributed by atoms with van der Waals surface area (Å²) >= 11 is 0. The van der Waals surface area contributed by atoms with Gasteiger partial charge in [0.15, 0.2) is 0 Å². The van der Waals surface area contributed by atoms with Crippen LogP contribution in [0.3, 0.4) is 0 Å². The molecule has 0 aliphatic heterocycles. The van der Waals surface area contributed by atoms with Gasteiger partial charge in [0.05, 0.1) is 23.3 Å². The molecule has 67 heavy (non-hydrogen) atoms. The monoisotopic (exact) mass is 886 g/mol. The SMILES string of the molecule is Cc1cccc(CC(O)(Cc2cccc(C)c2)[C@@H](NC(=O)C(C)(C)C(=O)N[C@@H](c2cccc3ccccc23)C(O)(Cc2cccc(C)c2)Cc2cccc(C)c2)c2cccc3ccccc23)c1. The van der Waals surface area contributed by atoms with Crippen LogP contribution in [-0.2, 0) is 35.3 Å². The second-order valence-electron chi connectivity index (χ2n) is 19.4. The summed E-state index contributed by atoms with van der Waals surface area (Å²) in [5.74, 6) is -1.13. The molecule has 0 bridgehead atoms. The average Bonchev–Trinajstić information content (AvgIpc) is 3.29. The molecule has 6 heteroatoms. The molecule has 8 aromatic carbocycles. The molecule has 0 saturated heterocycles. The highest BCUT2D eigenvalue weighted by atomic mass is 16.3. The molecule has 0 fully saturated rings. The molecule has 0 unspecified atom stereocenters. The van der Waals surface area contributed by atoms with E-state index in [2.05, 4.69) is 34.9 Å². The summed E-state index contributed by atoms with van der Waals surface area (Å²) in [4.78, 5) is 30.8. The van der Waals surface area contributed by atoms with Crippen LogP contribution in [0.4, 0.5) is 0 Å². The van der Waals surface area contributed by atoms with Gasteiger partial charge in [0, 0.05) is 25.7 Å². The predicted molar refractivity (Wildman–Crippen MR) is 273 cm³/mol. The highest BCUT2D eigenvalue weighted by Crippen LogP contribution is 2.40. The number of aryl methyl sites for hydroxylation is 4. The van der Waals surface area contributed by atoms with E-state index < -0.39 is 40.5 Å². The van der Waals surface area contributed by atoms with E-state index in [0.717, 1.165) is 77.2 Å². The molecular weight excluding hydrogens is 825 g/mol. The number of carbonyl (C=O) groups is 2. The van der Waals surface area contributed by atoms with E-state index in [4.69, 9.17) is 0 Å². The molecule has 4 N–H and O–H groups in total. The lowest BCUT2D eigenvalue weighted by atomic mass is 9.76. The summed E-state index contributed by atoms with van der Waals surface area (Å²) in [7, 11) is 0. The fraction of sp³-hybridized carbons (Fsp3) is 0.246. The quantitative estimate of drug-likeness (QED) is 0.0727. The van der Waals surface area contributed by atoms with Gasteiger partial charge in [-0.05, 0) is 96.5 Å². The number of fused-ring (bicyclic) bond motifs is 2. The lowest BCUT2D eigenvalue weighted by Gasteiger charge is -2.41. The highest BCUT2D eigenvalue weighted by Gasteiger charge is 2.47. The number of benzene rings is 8. The number of rotatable bonds is 16. The van der Waals surface area contributed by atoms with Gasteiger partial charge in [-0.15, -0.1) is 0 Å². The predicted octanol–water partition coefficient (Wildman–Crippen LogP) is 11.7. The third kappa shape index (κ3) is 10.6. The van der Waals surface area contributed by atoms with Gasteiger partial charge < -0.3 is 20.8 Å². The lowest BCUT2D eigenvalue weighted by molar-refractivity contribution is -0.145. The zero-order valence-corrected chi connectivity index (χ0v) is 39.5. The summed E-state index contributed by atoms with van der Waals surface area (Å²) < 4.78 is 0. The standard InChI is InChI=1S/C61H62N2O4/c1-41-17-11-21-45(33-41)37-60(66,38-46-22-12-18-42(2)34-46)55(53-31-15-27-49-25-7-9-29-51(49)53)62-57(64)59(5,6)58(65)63-56(54-32-16-28-50-26-8-10-30-52(50)54)61(67,39-47-23-13-19-43(3)35-47)40-48-24-14-20-44(4)36-48/h7-36,55-56,66-67H,37-40H2,1-6H3,(H,62,64)(H,63,65)/t55-,56-/m0/s1. The molecule has 0 radical (unpaired) electrons. The molecule has 340 valence electrons. The van der Waals surface area contributed by atoms with E-state index in [1.54, 1.807) is 13.8 Å². The number of amides is 2. The van der Waals surface area contributed by atoms with Crippen molar-refractivity contribution in [3.8, 4) is 0 Å². The van der Waals surface area contributed by atoms with E-state index in [1.165, 1.54) is 0 Å². The maximum atomic E-state index is 15.4. The second-order valence-corrected chi connectivity index (χ2v) is 19.4. The molecule has 0 saturated carbocycles. The average molecular weight is 887 g/mol. The zero-order valence-electron chi connectivity index (χ0n) is 39.5. The Morgan fingerprint density at radius 3 is 1.01 bits per heavy atom. The highest BCUT2D eigenvalue weighted by molar-refractivity contribution is 6.05. The second kappa shape index (κ2) is 19.5. The fourth-order valence-corrected chi connectivity index (χ4v) is 9.97. The van der Waals surface area contributed by atoms with Crippen LogP contribution in [-0.4, -0.2) is 33.2 Å². The maximum absolute atomic E-state index is 15.4. The number of carbonyl (C=O) groups excluding carboxylic acids is 2. The molecule has 2 atom stereocenters. The first-order valence-electron chi connectivity index (χ1n) is 23.3. The Hall–Kier alpha value is -6.86. The van der Waals surface area contributed by atoms with Crippen LogP contribution in [0.5, 0.6) is 0 Å². The Bertz CT molecular complexity index is 2750. The normalized spacial score (nSPS) is 13.0. The van der Waals surface area contributed by atoms with Gasteiger partial charge in [-0.2, -0.15) is 0 Å². The molecule has 2 amide bonds. The maximum Gasteiger partial charge on any atom is 0.235 e. The van der Waals surface area contributed by atoms with Crippen molar-refractivity contribution in [1.29, 1.82) is 0 Å². The third-order valence-corrected chi connectivity index (χ3v) is 13.4. The van der Waals surface area contributed by atoms with Crippen LogP contribution in [0.15, 0.2) is 182 Å². The van der Waals surface area contributed by atoms with Gasteiger partial charge in [0.25, 0.3) is 0 Å². The van der Waals surface area contributed by atoms with Crippen molar-refractivity contribution >= 4 is 33.4 Å². The van der Waals surface area contributed by atoms with E-state index in [9.17, 15) is 10.2 Å². The van der Waals surface area contributed by atoms with E-state index in [0.29, 0.717) is 0 Å². The van der Waals surface area contributed by atoms with Crippen molar-refractivity contribution in [1.82, 2.24) is 10.6 Å². The first kappa shape index (κ1) is 46.7. The Kier molecular flexibility index (Phi) is 13.6. The smallest absolute Gasteiger partial charge is 0.235 e. The van der Waals surface area contributed by atoms with Crippen molar-refractivity contribution in [3.63, 3.8) is 0 Å². The van der Waals surface area contributed by atoms with Crippen LogP contribution in [0.1, 0.15) is 81.6 Å². The molecule has 0 heterocycles. The lowest BCUT2D eigenvalue weighted by Crippen LogP contribution is -2.57. The van der Waals surface area contributed by atoms with E-state index >= 15 is 9.59 Å². The van der Waals surface area contributed by atoms with Crippen LogP contribution >= 0.6 is 0 Å². The molecule has 0 aromatic heterocycles. The molecular formula is C61H62N2O4. The summed E-state index contributed by atoms with van der Waals surface area (Å²) in [6.07, 6.45) is 0.879. The largest absolute Gasteiger partial charge is 0.387 e. The Labute approximate surface area is 395 Å². The van der Waals surface area contributed by atoms with Gasteiger partial charge in [0.1, 0.15) is 5.41 Å². The number of hydrogen-bond acceptors (Lipinski definition) is 4. The van der Waals surface area contributed by atoms with Crippen molar-refractivity contribution in [3.05, 3.63) is 238 Å². The molecule has 0 aliphatic carbocycles. The van der Waals surface area contributed by atoms with Gasteiger partial charge >= 0.3 is 0 Å². The van der Waals surface area contributed by atoms with Crippen LogP contribution in [0.2, 0.25) is 0 Å². The Morgan fingerprint density at radius 2 is 0.701 bits per heavy atom. The minimum Gasteiger partial charge on any atom is -0.387 e. The van der Waals surface area contributed by atoms with E-state index in [1.807, 2.05) is 185 Å². The third-order valence-electron chi connectivity index (χ3n) is 13.4. The molecule has 6 nitrogen and oxygen atoms in total. The number of aliphatic hydroxyl groups is 2. The molecule has 8 rings (SSSR count). The van der Waals surface area contributed by atoms with E-state index in [-0.39, 0.29) is 25.7 Å². The number of nitrogens with one attached hydrogen (secondary N) is 2. The zero-order chi connectivity index (χ0) is 47.3. The summed E-state index contributed by atoms with van der Waals surface area (Å²) in [5, 5.41) is 37.3. The van der Waals surface area contributed by atoms with Crippen LogP contribution in [0, 0.1) is 33.1 Å². The first-order valence-corrected chi connectivity index (χ1v) is 23.3. The van der Waals surface area contributed by atoms with Crippen molar-refractivity contribution in [2.45, 2.75) is 90.5 Å². The Balaban J connectivity index is 1.23. The Morgan fingerprint density at radius 1 is 0.418 bits per heavy atom. The van der Waals surface area contributed by atoms with Crippen LogP contribution in [0.25, 0.3) is 21.5 Å². The van der Waals surface area contributed by atoms with Crippen molar-refractivity contribution in [2.75, 3.05) is 0 Å². The van der Waals surface area contributed by atoms with Gasteiger partial charge in [-0.25, -0.2) is 0 Å². The van der Waals surface area contributed by atoms with Crippen molar-refractivity contribution < 1.29 is 19.8 Å².